The standard InChI is InChI=1S/C10H13ClN4.2ClH/c1-6-4-7(11)8(12)5-9(6)15-10-13-2-3-14-10;;/h4-5H,2-3,12H2,1H3,(H2,13,14,15);2*1H. The highest BCUT2D eigenvalue weighted by atomic mass is 35.5. The number of anilines is 2. The number of nitrogens with two attached hydrogens (primary N) is 1. The molecule has 4 nitrogen and oxygen atoms in total. The molecule has 1 heterocycles. The molecule has 1 aliphatic rings. The Bertz CT molecular complexity index is 420. The van der Waals surface area contributed by atoms with Gasteiger partial charge in [-0.2, -0.15) is 0 Å². The second-order valence-corrected chi connectivity index (χ2v) is 3.88. The van der Waals surface area contributed by atoms with Crippen LogP contribution in [-0.2, 0) is 0 Å². The summed E-state index contributed by atoms with van der Waals surface area (Å²) in [7, 11) is 0. The topological polar surface area (TPSA) is 62.4 Å². The van der Waals surface area contributed by atoms with Crippen molar-refractivity contribution in [3.8, 4) is 0 Å². The summed E-state index contributed by atoms with van der Waals surface area (Å²) in [5, 5.41) is 6.89. The van der Waals surface area contributed by atoms with Crippen molar-refractivity contribution in [3.63, 3.8) is 0 Å². The zero-order chi connectivity index (χ0) is 10.8. The smallest absolute Gasteiger partial charge is 0.195 e. The van der Waals surface area contributed by atoms with E-state index in [-0.39, 0.29) is 24.8 Å². The number of nitrogen functional groups attached to an aromatic ring is 1. The lowest BCUT2D eigenvalue weighted by atomic mass is 10.2. The maximum absolute atomic E-state index is 5.90. The van der Waals surface area contributed by atoms with Crippen molar-refractivity contribution < 1.29 is 0 Å². The van der Waals surface area contributed by atoms with Gasteiger partial charge in [0.1, 0.15) is 0 Å². The molecule has 1 aromatic carbocycles. The zero-order valence-corrected chi connectivity index (χ0v) is 11.7. The molecule has 96 valence electrons. The van der Waals surface area contributed by atoms with E-state index in [9.17, 15) is 0 Å². The number of halogens is 3. The van der Waals surface area contributed by atoms with Crippen molar-refractivity contribution in [2.24, 2.45) is 4.99 Å². The molecule has 2 rings (SSSR count). The lowest BCUT2D eigenvalue weighted by Crippen LogP contribution is -2.26. The van der Waals surface area contributed by atoms with Crippen LogP contribution in [0.3, 0.4) is 0 Å². The van der Waals surface area contributed by atoms with Crippen LogP contribution in [0.4, 0.5) is 11.4 Å². The summed E-state index contributed by atoms with van der Waals surface area (Å²) in [6.07, 6.45) is 0. The summed E-state index contributed by atoms with van der Waals surface area (Å²) in [4.78, 5) is 4.24. The predicted molar refractivity (Wildman–Crippen MR) is 79.0 cm³/mol. The predicted octanol–water partition coefficient (Wildman–Crippen LogP) is 2.45. The number of nitrogens with zero attached hydrogens (tertiary/aromatic N) is 1. The summed E-state index contributed by atoms with van der Waals surface area (Å²) in [6.45, 7) is 3.66. The zero-order valence-electron chi connectivity index (χ0n) is 9.29. The third kappa shape index (κ3) is 3.84. The quantitative estimate of drug-likeness (QED) is 0.698. The largest absolute Gasteiger partial charge is 0.397 e. The first kappa shape index (κ1) is 16.2. The van der Waals surface area contributed by atoms with E-state index in [1.807, 2.05) is 19.1 Å². The fourth-order valence-corrected chi connectivity index (χ4v) is 1.65. The minimum Gasteiger partial charge on any atom is -0.397 e. The molecule has 0 saturated heterocycles. The fraction of sp³-hybridized carbons (Fsp3) is 0.300. The third-order valence-corrected chi connectivity index (χ3v) is 2.60. The van der Waals surface area contributed by atoms with Crippen molar-refractivity contribution in [2.45, 2.75) is 6.92 Å². The van der Waals surface area contributed by atoms with Crippen LogP contribution in [0, 0.1) is 6.92 Å². The van der Waals surface area contributed by atoms with Gasteiger partial charge in [-0.1, -0.05) is 11.6 Å². The molecule has 0 saturated carbocycles. The summed E-state index contributed by atoms with van der Waals surface area (Å²) in [5.41, 5.74) is 8.29. The number of guanidine groups is 1. The maximum atomic E-state index is 5.90. The Morgan fingerprint density at radius 3 is 2.71 bits per heavy atom. The highest BCUT2D eigenvalue weighted by molar-refractivity contribution is 6.33. The summed E-state index contributed by atoms with van der Waals surface area (Å²) in [6, 6.07) is 3.66. The van der Waals surface area contributed by atoms with Crippen LogP contribution in [0.25, 0.3) is 0 Å². The average Bonchev–Trinajstić information content (AvgIpc) is 2.67. The molecule has 7 heteroatoms. The van der Waals surface area contributed by atoms with Gasteiger partial charge in [0.25, 0.3) is 0 Å². The monoisotopic (exact) mass is 296 g/mol. The fourth-order valence-electron chi connectivity index (χ4n) is 1.43. The van der Waals surface area contributed by atoms with Gasteiger partial charge < -0.3 is 16.4 Å². The van der Waals surface area contributed by atoms with Crippen LogP contribution in [0.5, 0.6) is 0 Å². The van der Waals surface area contributed by atoms with Gasteiger partial charge in [-0.3, -0.25) is 4.99 Å². The van der Waals surface area contributed by atoms with Gasteiger partial charge in [0, 0.05) is 12.2 Å². The van der Waals surface area contributed by atoms with Crippen molar-refractivity contribution in [2.75, 3.05) is 24.1 Å². The molecule has 0 spiro atoms. The lowest BCUT2D eigenvalue weighted by molar-refractivity contribution is 0.959. The Balaban J connectivity index is 0.00000128. The molecule has 1 aromatic rings. The molecule has 0 radical (unpaired) electrons. The molecule has 0 aliphatic carbocycles. The lowest BCUT2D eigenvalue weighted by Gasteiger charge is -2.11. The number of aliphatic imine (C=N–C) groups is 1. The Kier molecular flexibility index (Phi) is 6.45. The van der Waals surface area contributed by atoms with Gasteiger partial charge in [-0.05, 0) is 24.6 Å². The van der Waals surface area contributed by atoms with Crippen LogP contribution in [0.15, 0.2) is 17.1 Å². The Labute approximate surface area is 118 Å². The summed E-state index contributed by atoms with van der Waals surface area (Å²) >= 11 is 5.90. The Hall–Kier alpha value is -0.840. The molecule has 0 bridgehead atoms. The van der Waals surface area contributed by atoms with E-state index < -0.39 is 0 Å². The van der Waals surface area contributed by atoms with Crippen LogP contribution in [0.2, 0.25) is 5.02 Å². The van der Waals surface area contributed by atoms with E-state index in [2.05, 4.69) is 15.6 Å². The van der Waals surface area contributed by atoms with Gasteiger partial charge >= 0.3 is 0 Å². The number of hydrogen-bond acceptors (Lipinski definition) is 4. The number of nitrogens with one attached hydrogen (secondary N) is 2. The van der Waals surface area contributed by atoms with Crippen molar-refractivity contribution in [1.29, 1.82) is 0 Å². The second-order valence-electron chi connectivity index (χ2n) is 3.47. The Morgan fingerprint density at radius 1 is 1.41 bits per heavy atom. The molecule has 17 heavy (non-hydrogen) atoms. The van der Waals surface area contributed by atoms with Crippen LogP contribution in [-0.4, -0.2) is 19.0 Å². The van der Waals surface area contributed by atoms with Crippen molar-refractivity contribution in [1.82, 2.24) is 5.32 Å². The first-order valence-electron chi connectivity index (χ1n) is 4.78. The van der Waals surface area contributed by atoms with Gasteiger partial charge in [0.2, 0.25) is 0 Å². The first-order valence-corrected chi connectivity index (χ1v) is 5.15. The SMILES string of the molecule is Cc1cc(Cl)c(N)cc1NC1=NCCN1.Cl.Cl. The summed E-state index contributed by atoms with van der Waals surface area (Å²) < 4.78 is 0. The molecular weight excluding hydrogens is 282 g/mol. The van der Waals surface area contributed by atoms with Gasteiger partial charge in [0.15, 0.2) is 5.96 Å². The molecule has 0 fully saturated rings. The maximum Gasteiger partial charge on any atom is 0.195 e. The van der Waals surface area contributed by atoms with Crippen LogP contribution >= 0.6 is 36.4 Å². The van der Waals surface area contributed by atoms with Gasteiger partial charge in [0.05, 0.1) is 17.3 Å². The highest BCUT2D eigenvalue weighted by Crippen LogP contribution is 2.26. The van der Waals surface area contributed by atoms with E-state index in [1.165, 1.54) is 0 Å². The van der Waals surface area contributed by atoms with E-state index in [0.29, 0.717) is 10.7 Å². The molecule has 1 aliphatic heterocycles. The minimum absolute atomic E-state index is 0. The van der Waals surface area contributed by atoms with E-state index in [0.717, 1.165) is 30.3 Å². The number of hydrogen-bond donors (Lipinski definition) is 3. The van der Waals surface area contributed by atoms with Crippen molar-refractivity contribution >= 4 is 53.7 Å². The molecule has 0 aromatic heterocycles. The molecule has 0 unspecified atom stereocenters. The third-order valence-electron chi connectivity index (χ3n) is 2.27. The minimum atomic E-state index is 0. The normalized spacial score (nSPS) is 12.9. The van der Waals surface area contributed by atoms with Crippen LogP contribution < -0.4 is 16.4 Å². The first-order chi connectivity index (χ1) is 7.16. The second kappa shape index (κ2) is 6.79. The average molecular weight is 298 g/mol. The number of rotatable bonds is 1. The van der Waals surface area contributed by atoms with E-state index in [1.54, 1.807) is 0 Å². The molecule has 0 atom stereocenters. The summed E-state index contributed by atoms with van der Waals surface area (Å²) in [5.74, 6) is 0.792. The Morgan fingerprint density at radius 2 is 2.12 bits per heavy atom. The highest BCUT2D eigenvalue weighted by Gasteiger charge is 2.08. The molecule has 4 N–H and O–H groups in total. The molecular formula is C10H15Cl3N4. The number of benzene rings is 1. The number of aryl methyl sites for hydroxylation is 1. The van der Waals surface area contributed by atoms with Gasteiger partial charge in [-0.25, -0.2) is 0 Å². The van der Waals surface area contributed by atoms with Gasteiger partial charge in [-0.15, -0.1) is 24.8 Å². The van der Waals surface area contributed by atoms with Crippen molar-refractivity contribution in [3.05, 3.63) is 22.7 Å². The molecule has 0 amide bonds. The van der Waals surface area contributed by atoms with E-state index >= 15 is 0 Å². The van der Waals surface area contributed by atoms with E-state index in [4.69, 9.17) is 17.3 Å². The van der Waals surface area contributed by atoms with Crippen LogP contribution in [0.1, 0.15) is 5.56 Å².